The molecule has 1 aromatic rings. The number of nitrogens with one attached hydrogen (secondary N) is 2. The van der Waals surface area contributed by atoms with E-state index in [4.69, 9.17) is 9.47 Å². The summed E-state index contributed by atoms with van der Waals surface area (Å²) < 4.78 is 10.5. The molecule has 0 bridgehead atoms. The quantitative estimate of drug-likeness (QED) is 0.673. The third kappa shape index (κ3) is 4.85. The minimum absolute atomic E-state index is 0.0746. The molecule has 1 fully saturated rings. The summed E-state index contributed by atoms with van der Waals surface area (Å²) in [6, 6.07) is 4.50. The maximum atomic E-state index is 12.2. The van der Waals surface area contributed by atoms with Crippen LogP contribution < -0.4 is 20.1 Å². The number of imide groups is 1. The van der Waals surface area contributed by atoms with Crippen molar-refractivity contribution in [2.45, 2.75) is 25.3 Å². The van der Waals surface area contributed by atoms with Gasteiger partial charge in [0.15, 0.2) is 11.5 Å². The number of ether oxygens (including phenoxy) is 2. The zero-order valence-corrected chi connectivity index (χ0v) is 14.6. The fraction of sp³-hybridized carbons (Fsp3) is 0.471. The van der Waals surface area contributed by atoms with Crippen molar-refractivity contribution in [2.75, 3.05) is 27.8 Å². The van der Waals surface area contributed by atoms with Crippen LogP contribution in [0.4, 0.5) is 4.79 Å². The van der Waals surface area contributed by atoms with Gasteiger partial charge in [-0.25, -0.2) is 4.79 Å². The van der Waals surface area contributed by atoms with E-state index in [1.807, 2.05) is 18.2 Å². The summed E-state index contributed by atoms with van der Waals surface area (Å²) in [5, 5.41) is 4.63. The molecule has 0 saturated carbocycles. The average Bonchev–Trinajstić information content (AvgIpc) is 2.94. The van der Waals surface area contributed by atoms with Crippen molar-refractivity contribution in [3.8, 4) is 11.5 Å². The van der Waals surface area contributed by atoms with Crippen molar-refractivity contribution in [3.05, 3.63) is 23.8 Å². The highest BCUT2D eigenvalue weighted by molar-refractivity contribution is 6.04. The summed E-state index contributed by atoms with van der Waals surface area (Å²) >= 11 is 0. The fourth-order valence-corrected chi connectivity index (χ4v) is 2.58. The van der Waals surface area contributed by atoms with E-state index in [9.17, 15) is 14.4 Å². The largest absolute Gasteiger partial charge is 0.493 e. The number of urea groups is 1. The molecule has 0 radical (unpaired) electrons. The Morgan fingerprint density at radius 3 is 2.52 bits per heavy atom. The van der Waals surface area contributed by atoms with Gasteiger partial charge in [0.2, 0.25) is 5.91 Å². The molecule has 25 heavy (non-hydrogen) atoms. The zero-order chi connectivity index (χ0) is 18.4. The Labute approximate surface area is 146 Å². The summed E-state index contributed by atoms with van der Waals surface area (Å²) in [5.41, 5.74) is 1.03. The number of carbonyl (C=O) groups excluding carboxylic acids is 3. The molecular formula is C17H23N3O5. The highest BCUT2D eigenvalue weighted by atomic mass is 16.5. The smallest absolute Gasteiger partial charge is 0.322 e. The van der Waals surface area contributed by atoms with Crippen LogP contribution in [0.3, 0.4) is 0 Å². The summed E-state index contributed by atoms with van der Waals surface area (Å²) in [4.78, 5) is 36.3. The molecule has 1 aliphatic rings. The van der Waals surface area contributed by atoms with Gasteiger partial charge < -0.3 is 19.7 Å². The molecule has 4 amide bonds. The van der Waals surface area contributed by atoms with Crippen molar-refractivity contribution in [1.82, 2.24) is 15.5 Å². The van der Waals surface area contributed by atoms with E-state index < -0.39 is 12.1 Å². The summed E-state index contributed by atoms with van der Waals surface area (Å²) in [6.45, 7) is 0.539. The second kappa shape index (κ2) is 8.36. The van der Waals surface area contributed by atoms with Crippen LogP contribution in [-0.4, -0.2) is 56.6 Å². The number of carbonyl (C=O) groups is 3. The SMILES string of the molecule is COc1ccc(CCN(C)C(=O)CCC2NC(=O)NC2=O)cc1OC. The predicted molar refractivity (Wildman–Crippen MR) is 90.6 cm³/mol. The molecule has 8 nitrogen and oxygen atoms in total. The molecule has 0 aromatic heterocycles. The molecule has 2 N–H and O–H groups in total. The summed E-state index contributed by atoms with van der Waals surface area (Å²) in [6.07, 6.45) is 1.15. The standard InChI is InChI=1S/C17H23N3O5/c1-20(15(21)7-5-12-16(22)19-17(23)18-12)9-8-11-4-6-13(24-2)14(10-11)25-3/h4,6,10,12H,5,7-9H2,1-3H3,(H2,18,19,22,23). The molecular weight excluding hydrogens is 326 g/mol. The normalized spacial score (nSPS) is 16.2. The minimum Gasteiger partial charge on any atom is -0.493 e. The van der Waals surface area contributed by atoms with Crippen LogP contribution >= 0.6 is 0 Å². The fourth-order valence-electron chi connectivity index (χ4n) is 2.58. The third-order valence-corrected chi connectivity index (χ3v) is 4.12. The number of nitrogens with zero attached hydrogens (tertiary/aromatic N) is 1. The van der Waals surface area contributed by atoms with E-state index in [1.54, 1.807) is 26.2 Å². The molecule has 2 rings (SSSR count). The number of likely N-dealkylation sites (N-methyl/N-ethyl adjacent to an activating group) is 1. The summed E-state index contributed by atoms with van der Waals surface area (Å²) in [7, 11) is 4.88. The first kappa shape index (κ1) is 18.6. The molecule has 1 unspecified atom stereocenters. The van der Waals surface area contributed by atoms with Gasteiger partial charge in [-0.05, 0) is 30.5 Å². The summed E-state index contributed by atoms with van der Waals surface area (Å²) in [5.74, 6) is 0.852. The second-order valence-corrected chi connectivity index (χ2v) is 5.81. The second-order valence-electron chi connectivity index (χ2n) is 5.81. The van der Waals surface area contributed by atoms with Crippen LogP contribution in [0.25, 0.3) is 0 Å². The molecule has 1 heterocycles. The van der Waals surface area contributed by atoms with Crippen molar-refractivity contribution in [3.63, 3.8) is 0 Å². The Hall–Kier alpha value is -2.77. The number of amides is 4. The lowest BCUT2D eigenvalue weighted by Crippen LogP contribution is -2.33. The first-order chi connectivity index (χ1) is 11.9. The van der Waals surface area contributed by atoms with Crippen molar-refractivity contribution in [1.29, 1.82) is 0 Å². The van der Waals surface area contributed by atoms with E-state index >= 15 is 0 Å². The Balaban J connectivity index is 1.81. The Morgan fingerprint density at radius 2 is 1.92 bits per heavy atom. The number of benzene rings is 1. The Kier molecular flexibility index (Phi) is 6.21. The van der Waals surface area contributed by atoms with Gasteiger partial charge in [-0.1, -0.05) is 6.07 Å². The van der Waals surface area contributed by atoms with Crippen LogP contribution in [-0.2, 0) is 16.0 Å². The highest BCUT2D eigenvalue weighted by Gasteiger charge is 2.29. The molecule has 1 aliphatic heterocycles. The highest BCUT2D eigenvalue weighted by Crippen LogP contribution is 2.27. The van der Waals surface area contributed by atoms with Gasteiger partial charge in [0, 0.05) is 20.0 Å². The molecule has 1 aromatic carbocycles. The molecule has 0 aliphatic carbocycles. The Morgan fingerprint density at radius 1 is 1.20 bits per heavy atom. The van der Waals surface area contributed by atoms with Gasteiger partial charge in [-0.15, -0.1) is 0 Å². The lowest BCUT2D eigenvalue weighted by atomic mass is 10.1. The van der Waals surface area contributed by atoms with Gasteiger partial charge in [0.25, 0.3) is 5.91 Å². The van der Waals surface area contributed by atoms with Gasteiger partial charge in [-0.3, -0.25) is 14.9 Å². The van der Waals surface area contributed by atoms with Crippen LogP contribution in [0.15, 0.2) is 18.2 Å². The van der Waals surface area contributed by atoms with E-state index in [1.165, 1.54) is 0 Å². The molecule has 136 valence electrons. The first-order valence-corrected chi connectivity index (χ1v) is 8.00. The van der Waals surface area contributed by atoms with Crippen molar-refractivity contribution >= 4 is 17.8 Å². The van der Waals surface area contributed by atoms with Crippen molar-refractivity contribution < 1.29 is 23.9 Å². The monoisotopic (exact) mass is 349 g/mol. The van der Waals surface area contributed by atoms with E-state index in [2.05, 4.69) is 10.6 Å². The maximum absolute atomic E-state index is 12.2. The van der Waals surface area contributed by atoms with E-state index in [0.717, 1.165) is 5.56 Å². The van der Waals surface area contributed by atoms with Crippen LogP contribution in [0.5, 0.6) is 11.5 Å². The molecule has 0 spiro atoms. The van der Waals surface area contributed by atoms with Gasteiger partial charge >= 0.3 is 6.03 Å². The molecule has 8 heteroatoms. The molecule has 1 atom stereocenters. The van der Waals surface area contributed by atoms with Crippen LogP contribution in [0, 0.1) is 0 Å². The van der Waals surface area contributed by atoms with E-state index in [-0.39, 0.29) is 24.7 Å². The van der Waals surface area contributed by atoms with Gasteiger partial charge in [0.1, 0.15) is 6.04 Å². The average molecular weight is 349 g/mol. The number of rotatable bonds is 8. The lowest BCUT2D eigenvalue weighted by Gasteiger charge is -2.18. The van der Waals surface area contributed by atoms with Crippen LogP contribution in [0.1, 0.15) is 18.4 Å². The third-order valence-electron chi connectivity index (χ3n) is 4.12. The van der Waals surface area contributed by atoms with Crippen molar-refractivity contribution in [2.24, 2.45) is 0 Å². The van der Waals surface area contributed by atoms with Crippen LogP contribution in [0.2, 0.25) is 0 Å². The minimum atomic E-state index is -0.629. The maximum Gasteiger partial charge on any atom is 0.322 e. The lowest BCUT2D eigenvalue weighted by molar-refractivity contribution is -0.130. The first-order valence-electron chi connectivity index (χ1n) is 8.00. The Bertz CT molecular complexity index is 662. The van der Waals surface area contributed by atoms with E-state index in [0.29, 0.717) is 24.5 Å². The van der Waals surface area contributed by atoms with Gasteiger partial charge in [0.05, 0.1) is 14.2 Å². The number of hydrogen-bond donors (Lipinski definition) is 2. The topological polar surface area (TPSA) is 97.0 Å². The van der Waals surface area contributed by atoms with Gasteiger partial charge in [-0.2, -0.15) is 0 Å². The zero-order valence-electron chi connectivity index (χ0n) is 14.6. The predicted octanol–water partition coefficient (Wildman–Crippen LogP) is 0.693. The number of hydrogen-bond acceptors (Lipinski definition) is 5. The number of methoxy groups -OCH3 is 2. The molecule has 1 saturated heterocycles.